The van der Waals surface area contributed by atoms with Crippen molar-refractivity contribution in [2.75, 3.05) is 13.1 Å². The molecular formula is C22H28N2O3. The van der Waals surface area contributed by atoms with Gasteiger partial charge < -0.3 is 14.4 Å². The molecule has 0 spiro atoms. The maximum absolute atomic E-state index is 12.5. The molecule has 2 atom stereocenters. The molecule has 1 fully saturated rings. The van der Waals surface area contributed by atoms with Crippen LogP contribution in [0.5, 0.6) is 0 Å². The first-order chi connectivity index (χ1) is 12.9. The van der Waals surface area contributed by atoms with Crippen LogP contribution in [-0.4, -0.2) is 40.8 Å². The third-order valence-corrected chi connectivity index (χ3v) is 4.59. The third-order valence-electron chi connectivity index (χ3n) is 4.59. The molecule has 27 heavy (non-hydrogen) atoms. The smallest absolute Gasteiger partial charge is 0.410 e. The van der Waals surface area contributed by atoms with E-state index in [2.05, 4.69) is 4.98 Å². The van der Waals surface area contributed by atoms with E-state index in [1.54, 1.807) is 4.90 Å². The standard InChI is InChI=1S/C22H28N2O3/c1-22(2,3)27-21(25)24-14-12-18(19-11-7-8-13-23-19)20(15-24)26-16-17-9-5-4-6-10-17/h4-11,13,18,20H,12,14-16H2,1-3H3/t18-,20+/m0/s1. The van der Waals surface area contributed by atoms with Crippen molar-refractivity contribution in [3.63, 3.8) is 0 Å². The van der Waals surface area contributed by atoms with E-state index in [-0.39, 0.29) is 18.1 Å². The molecule has 0 unspecified atom stereocenters. The number of rotatable bonds is 4. The summed E-state index contributed by atoms with van der Waals surface area (Å²) in [6.07, 6.45) is 2.20. The van der Waals surface area contributed by atoms with E-state index in [1.807, 2.05) is 75.5 Å². The molecule has 0 N–H and O–H groups in total. The molecule has 1 aromatic carbocycles. The van der Waals surface area contributed by atoms with Crippen LogP contribution in [0.25, 0.3) is 0 Å². The maximum Gasteiger partial charge on any atom is 0.410 e. The minimum atomic E-state index is -0.505. The number of pyridine rings is 1. The van der Waals surface area contributed by atoms with Crippen molar-refractivity contribution >= 4 is 6.09 Å². The predicted molar refractivity (Wildman–Crippen MR) is 104 cm³/mol. The number of amides is 1. The number of aromatic nitrogens is 1. The van der Waals surface area contributed by atoms with E-state index >= 15 is 0 Å². The molecule has 1 amide bonds. The van der Waals surface area contributed by atoms with Crippen molar-refractivity contribution in [2.24, 2.45) is 0 Å². The fourth-order valence-electron chi connectivity index (χ4n) is 3.29. The monoisotopic (exact) mass is 368 g/mol. The van der Waals surface area contributed by atoms with Crippen molar-refractivity contribution in [3.05, 3.63) is 66.0 Å². The second-order valence-corrected chi connectivity index (χ2v) is 7.91. The van der Waals surface area contributed by atoms with Gasteiger partial charge in [0.2, 0.25) is 0 Å². The topological polar surface area (TPSA) is 51.7 Å². The lowest BCUT2D eigenvalue weighted by Gasteiger charge is -2.38. The largest absolute Gasteiger partial charge is 0.444 e. The first-order valence-electron chi connectivity index (χ1n) is 9.47. The van der Waals surface area contributed by atoms with Crippen LogP contribution >= 0.6 is 0 Å². The molecule has 2 aromatic rings. The Labute approximate surface area is 161 Å². The van der Waals surface area contributed by atoms with E-state index in [0.717, 1.165) is 17.7 Å². The molecule has 0 saturated carbocycles. The van der Waals surface area contributed by atoms with E-state index in [0.29, 0.717) is 19.7 Å². The molecule has 144 valence electrons. The first-order valence-corrected chi connectivity index (χ1v) is 9.47. The van der Waals surface area contributed by atoms with Crippen LogP contribution in [-0.2, 0) is 16.1 Å². The fourth-order valence-corrected chi connectivity index (χ4v) is 3.29. The van der Waals surface area contributed by atoms with E-state index < -0.39 is 5.60 Å². The number of carbonyl (C=O) groups excluding carboxylic acids is 1. The van der Waals surface area contributed by atoms with Gasteiger partial charge >= 0.3 is 6.09 Å². The van der Waals surface area contributed by atoms with Gasteiger partial charge in [0.25, 0.3) is 0 Å². The zero-order valence-electron chi connectivity index (χ0n) is 16.3. The Morgan fingerprint density at radius 3 is 2.56 bits per heavy atom. The minimum absolute atomic E-state index is 0.124. The van der Waals surface area contributed by atoms with Gasteiger partial charge in [-0.05, 0) is 44.9 Å². The number of benzene rings is 1. The number of hydrogen-bond donors (Lipinski definition) is 0. The highest BCUT2D eigenvalue weighted by atomic mass is 16.6. The summed E-state index contributed by atoms with van der Waals surface area (Å²) in [7, 11) is 0. The number of ether oxygens (including phenoxy) is 2. The zero-order chi connectivity index (χ0) is 19.3. The number of hydrogen-bond acceptors (Lipinski definition) is 4. The highest BCUT2D eigenvalue weighted by molar-refractivity contribution is 5.68. The summed E-state index contributed by atoms with van der Waals surface area (Å²) >= 11 is 0. The summed E-state index contributed by atoms with van der Waals surface area (Å²) in [4.78, 5) is 18.8. The molecule has 1 saturated heterocycles. The molecule has 3 rings (SSSR count). The summed E-state index contributed by atoms with van der Waals surface area (Å²) in [6, 6.07) is 16.0. The number of likely N-dealkylation sites (tertiary alicyclic amines) is 1. The molecular weight excluding hydrogens is 340 g/mol. The lowest BCUT2D eigenvalue weighted by atomic mass is 9.90. The third kappa shape index (κ3) is 5.54. The van der Waals surface area contributed by atoms with Crippen LogP contribution in [0.2, 0.25) is 0 Å². The highest BCUT2D eigenvalue weighted by Gasteiger charge is 2.35. The number of piperidine rings is 1. The Kier molecular flexibility index (Phi) is 6.11. The van der Waals surface area contributed by atoms with Crippen LogP contribution in [0, 0.1) is 0 Å². The van der Waals surface area contributed by atoms with Gasteiger partial charge in [0.05, 0.1) is 19.3 Å². The van der Waals surface area contributed by atoms with E-state index in [9.17, 15) is 4.79 Å². The SMILES string of the molecule is CC(C)(C)OC(=O)N1CC[C@@H](c2ccccn2)[C@H](OCc2ccccc2)C1. The van der Waals surface area contributed by atoms with Crippen LogP contribution < -0.4 is 0 Å². The molecule has 1 aliphatic heterocycles. The van der Waals surface area contributed by atoms with Crippen LogP contribution in [0.15, 0.2) is 54.7 Å². The van der Waals surface area contributed by atoms with E-state index in [4.69, 9.17) is 9.47 Å². The Morgan fingerprint density at radius 2 is 1.89 bits per heavy atom. The predicted octanol–water partition coefficient (Wildman–Crippen LogP) is 4.39. The average Bonchev–Trinajstić information content (AvgIpc) is 2.66. The fraction of sp³-hybridized carbons (Fsp3) is 0.455. The Balaban J connectivity index is 1.72. The Bertz CT molecular complexity index is 728. The molecule has 1 aromatic heterocycles. The van der Waals surface area contributed by atoms with Gasteiger partial charge in [-0.2, -0.15) is 0 Å². The normalized spacial score (nSPS) is 20.3. The second-order valence-electron chi connectivity index (χ2n) is 7.91. The van der Waals surface area contributed by atoms with Gasteiger partial charge in [0.1, 0.15) is 5.60 Å². The van der Waals surface area contributed by atoms with E-state index in [1.165, 1.54) is 0 Å². The molecule has 2 heterocycles. The Hall–Kier alpha value is -2.40. The lowest BCUT2D eigenvalue weighted by Crippen LogP contribution is -2.48. The van der Waals surface area contributed by atoms with Gasteiger partial charge in [0, 0.05) is 24.4 Å². The molecule has 0 bridgehead atoms. The zero-order valence-corrected chi connectivity index (χ0v) is 16.3. The molecule has 5 nitrogen and oxygen atoms in total. The van der Waals surface area contributed by atoms with Crippen molar-refractivity contribution in [1.29, 1.82) is 0 Å². The molecule has 0 radical (unpaired) electrons. The molecule has 0 aliphatic carbocycles. The Morgan fingerprint density at radius 1 is 1.15 bits per heavy atom. The summed E-state index contributed by atoms with van der Waals surface area (Å²) in [6.45, 7) is 7.31. The minimum Gasteiger partial charge on any atom is -0.444 e. The lowest BCUT2D eigenvalue weighted by molar-refractivity contribution is -0.0366. The highest BCUT2D eigenvalue weighted by Crippen LogP contribution is 2.30. The number of nitrogens with zero attached hydrogens (tertiary/aromatic N) is 2. The quantitative estimate of drug-likeness (QED) is 0.803. The van der Waals surface area contributed by atoms with Crippen LogP contribution in [0.1, 0.15) is 44.4 Å². The van der Waals surface area contributed by atoms with Crippen LogP contribution in [0.4, 0.5) is 4.79 Å². The first kappa shape index (κ1) is 19.4. The van der Waals surface area contributed by atoms with Gasteiger partial charge in [-0.15, -0.1) is 0 Å². The van der Waals surface area contributed by atoms with Crippen LogP contribution in [0.3, 0.4) is 0 Å². The summed E-state index contributed by atoms with van der Waals surface area (Å²) < 4.78 is 11.8. The summed E-state index contributed by atoms with van der Waals surface area (Å²) in [5.41, 5.74) is 1.63. The van der Waals surface area contributed by atoms with Gasteiger partial charge in [-0.1, -0.05) is 36.4 Å². The van der Waals surface area contributed by atoms with Crippen molar-refractivity contribution in [2.45, 2.75) is 51.4 Å². The second kappa shape index (κ2) is 8.53. The molecule has 5 heteroatoms. The average molecular weight is 368 g/mol. The maximum atomic E-state index is 12.5. The van der Waals surface area contributed by atoms with Crippen molar-refractivity contribution in [1.82, 2.24) is 9.88 Å². The van der Waals surface area contributed by atoms with Crippen molar-refractivity contribution in [3.8, 4) is 0 Å². The van der Waals surface area contributed by atoms with Crippen molar-refractivity contribution < 1.29 is 14.3 Å². The molecule has 1 aliphatic rings. The van der Waals surface area contributed by atoms with Gasteiger partial charge in [-0.3, -0.25) is 4.98 Å². The van der Waals surface area contributed by atoms with Gasteiger partial charge in [-0.25, -0.2) is 4.79 Å². The summed E-state index contributed by atoms with van der Waals surface area (Å²) in [5, 5.41) is 0. The van der Waals surface area contributed by atoms with Gasteiger partial charge in [0.15, 0.2) is 0 Å². The number of carbonyl (C=O) groups is 1. The summed E-state index contributed by atoms with van der Waals surface area (Å²) in [5.74, 6) is 0.161.